The van der Waals surface area contributed by atoms with Gasteiger partial charge in [-0.25, -0.2) is 0 Å². The van der Waals surface area contributed by atoms with Crippen molar-refractivity contribution in [3.63, 3.8) is 0 Å². The standard InChI is InChI=1S/C18H22N4O2S/c1-11(2)17(24)19-14-6-4-13(5-7-14)16(23)10-25-18-21-20-12(3)22(18)15-8-9-15/h4-7,11,15H,8-10H2,1-3H3,(H,19,24). The van der Waals surface area contributed by atoms with Gasteiger partial charge in [0.2, 0.25) is 5.91 Å². The van der Waals surface area contributed by atoms with Gasteiger partial charge in [-0.05, 0) is 44.0 Å². The summed E-state index contributed by atoms with van der Waals surface area (Å²) in [6.45, 7) is 5.63. The molecule has 1 aromatic carbocycles. The van der Waals surface area contributed by atoms with Crippen LogP contribution < -0.4 is 5.32 Å². The Hall–Kier alpha value is -2.15. The van der Waals surface area contributed by atoms with Gasteiger partial charge in [0.15, 0.2) is 10.9 Å². The van der Waals surface area contributed by atoms with Gasteiger partial charge in [-0.3, -0.25) is 9.59 Å². The van der Waals surface area contributed by atoms with Crippen LogP contribution in [0.5, 0.6) is 0 Å². The normalized spacial score (nSPS) is 13.9. The molecule has 0 bridgehead atoms. The third kappa shape index (κ3) is 4.28. The van der Waals surface area contributed by atoms with E-state index in [2.05, 4.69) is 20.1 Å². The van der Waals surface area contributed by atoms with Crippen LogP contribution in [0.15, 0.2) is 29.4 Å². The number of Topliss-reactive ketones (excluding diaryl/α,β-unsaturated/α-hetero) is 1. The molecule has 0 unspecified atom stereocenters. The van der Waals surface area contributed by atoms with Crippen LogP contribution in [-0.4, -0.2) is 32.2 Å². The molecule has 0 aliphatic heterocycles. The first-order valence-corrected chi connectivity index (χ1v) is 9.42. The summed E-state index contributed by atoms with van der Waals surface area (Å²) in [5.74, 6) is 1.15. The van der Waals surface area contributed by atoms with Gasteiger partial charge in [-0.1, -0.05) is 25.6 Å². The van der Waals surface area contributed by atoms with Gasteiger partial charge in [-0.15, -0.1) is 10.2 Å². The summed E-state index contributed by atoms with van der Waals surface area (Å²) < 4.78 is 2.13. The maximum Gasteiger partial charge on any atom is 0.226 e. The molecule has 1 heterocycles. The van der Waals surface area contributed by atoms with Crippen LogP contribution in [0, 0.1) is 12.8 Å². The van der Waals surface area contributed by atoms with Crippen molar-refractivity contribution in [3.8, 4) is 0 Å². The Labute approximate surface area is 151 Å². The zero-order valence-electron chi connectivity index (χ0n) is 14.7. The number of hydrogen-bond acceptors (Lipinski definition) is 5. The van der Waals surface area contributed by atoms with Crippen LogP contribution in [0.4, 0.5) is 5.69 Å². The highest BCUT2D eigenvalue weighted by Gasteiger charge is 2.28. The second-order valence-corrected chi connectivity index (χ2v) is 7.51. The average molecular weight is 358 g/mol. The average Bonchev–Trinajstić information content (AvgIpc) is 3.36. The smallest absolute Gasteiger partial charge is 0.226 e. The summed E-state index contributed by atoms with van der Waals surface area (Å²) in [5.41, 5.74) is 1.33. The van der Waals surface area contributed by atoms with Crippen molar-refractivity contribution >= 4 is 29.1 Å². The number of anilines is 1. The van der Waals surface area contributed by atoms with E-state index in [-0.39, 0.29) is 17.6 Å². The Balaban J connectivity index is 1.59. The quantitative estimate of drug-likeness (QED) is 0.605. The van der Waals surface area contributed by atoms with Crippen LogP contribution in [0.25, 0.3) is 0 Å². The van der Waals surface area contributed by atoms with Crippen molar-refractivity contribution in [1.82, 2.24) is 14.8 Å². The van der Waals surface area contributed by atoms with Crippen LogP contribution in [-0.2, 0) is 4.79 Å². The SMILES string of the molecule is Cc1nnc(SCC(=O)c2ccc(NC(=O)C(C)C)cc2)n1C1CC1. The van der Waals surface area contributed by atoms with Crippen LogP contribution in [0.1, 0.15) is 48.9 Å². The van der Waals surface area contributed by atoms with Crippen LogP contribution in [0.2, 0.25) is 0 Å². The fourth-order valence-corrected chi connectivity index (χ4v) is 3.39. The highest BCUT2D eigenvalue weighted by Crippen LogP contribution is 2.38. The largest absolute Gasteiger partial charge is 0.326 e. The number of amides is 1. The van der Waals surface area contributed by atoms with Crippen molar-refractivity contribution < 1.29 is 9.59 Å². The number of benzene rings is 1. The Kier molecular flexibility index (Phi) is 5.22. The molecule has 1 aromatic heterocycles. The summed E-state index contributed by atoms with van der Waals surface area (Å²) in [4.78, 5) is 24.1. The highest BCUT2D eigenvalue weighted by atomic mass is 32.2. The number of carbonyl (C=O) groups is 2. The van der Waals surface area contributed by atoms with E-state index in [1.165, 1.54) is 11.8 Å². The third-order valence-electron chi connectivity index (χ3n) is 4.08. The number of aryl methyl sites for hydroxylation is 1. The first-order chi connectivity index (χ1) is 12.0. The molecule has 6 nitrogen and oxygen atoms in total. The van der Waals surface area contributed by atoms with Crippen LogP contribution in [0.3, 0.4) is 0 Å². The maximum absolute atomic E-state index is 12.4. The lowest BCUT2D eigenvalue weighted by atomic mass is 10.1. The molecular formula is C18H22N4O2S. The number of ketones is 1. The molecule has 0 saturated heterocycles. The highest BCUT2D eigenvalue weighted by molar-refractivity contribution is 7.99. The van der Waals surface area contributed by atoms with Crippen molar-refractivity contribution in [2.75, 3.05) is 11.1 Å². The van der Waals surface area contributed by atoms with Gasteiger partial charge >= 0.3 is 0 Å². The van der Waals surface area contributed by atoms with Crippen molar-refractivity contribution in [2.24, 2.45) is 5.92 Å². The van der Waals surface area contributed by atoms with Gasteiger partial charge in [0.1, 0.15) is 5.82 Å². The molecule has 1 aliphatic rings. The fourth-order valence-electron chi connectivity index (χ4n) is 2.44. The molecule has 0 radical (unpaired) electrons. The Bertz CT molecular complexity index is 779. The summed E-state index contributed by atoms with van der Waals surface area (Å²) >= 11 is 1.43. The number of hydrogen-bond donors (Lipinski definition) is 1. The molecule has 1 aliphatic carbocycles. The van der Waals surface area contributed by atoms with E-state index < -0.39 is 0 Å². The van der Waals surface area contributed by atoms with E-state index in [4.69, 9.17) is 0 Å². The van der Waals surface area contributed by atoms with E-state index in [0.717, 1.165) is 23.8 Å². The number of nitrogens with one attached hydrogen (secondary N) is 1. The minimum absolute atomic E-state index is 0.0368. The number of nitrogens with zero attached hydrogens (tertiary/aromatic N) is 3. The molecule has 3 rings (SSSR count). The van der Waals surface area contributed by atoms with Crippen molar-refractivity contribution in [1.29, 1.82) is 0 Å². The van der Waals surface area contributed by atoms with Gasteiger partial charge < -0.3 is 9.88 Å². The van der Waals surface area contributed by atoms with Gasteiger partial charge in [-0.2, -0.15) is 0 Å². The number of aromatic nitrogens is 3. The van der Waals surface area contributed by atoms with E-state index in [1.54, 1.807) is 24.3 Å². The number of carbonyl (C=O) groups excluding carboxylic acids is 2. The molecule has 1 fully saturated rings. The summed E-state index contributed by atoms with van der Waals surface area (Å²) in [6, 6.07) is 7.51. The molecule has 25 heavy (non-hydrogen) atoms. The molecule has 1 N–H and O–H groups in total. The van der Waals surface area contributed by atoms with Crippen molar-refractivity contribution in [2.45, 2.75) is 44.8 Å². The summed E-state index contributed by atoms with van der Waals surface area (Å²) in [5, 5.41) is 11.9. The van der Waals surface area contributed by atoms with Gasteiger partial charge in [0, 0.05) is 23.2 Å². The molecule has 1 amide bonds. The molecule has 0 spiro atoms. The monoisotopic (exact) mass is 358 g/mol. The second kappa shape index (κ2) is 7.39. The Morgan fingerprint density at radius 3 is 2.52 bits per heavy atom. The molecule has 2 aromatic rings. The zero-order chi connectivity index (χ0) is 18.0. The van der Waals surface area contributed by atoms with E-state index in [1.807, 2.05) is 20.8 Å². The Morgan fingerprint density at radius 1 is 1.24 bits per heavy atom. The second-order valence-electron chi connectivity index (χ2n) is 6.56. The molecule has 7 heteroatoms. The molecule has 132 valence electrons. The van der Waals surface area contributed by atoms with E-state index in [0.29, 0.717) is 23.0 Å². The summed E-state index contributed by atoms with van der Waals surface area (Å²) in [6.07, 6.45) is 2.31. The maximum atomic E-state index is 12.4. The fraction of sp³-hybridized carbons (Fsp3) is 0.444. The number of thioether (sulfide) groups is 1. The lowest BCUT2D eigenvalue weighted by Gasteiger charge is -2.08. The van der Waals surface area contributed by atoms with Crippen molar-refractivity contribution in [3.05, 3.63) is 35.7 Å². The molecule has 1 saturated carbocycles. The predicted molar refractivity (Wildman–Crippen MR) is 98.0 cm³/mol. The zero-order valence-corrected chi connectivity index (χ0v) is 15.5. The molecule has 0 atom stereocenters. The first kappa shape index (κ1) is 17.7. The predicted octanol–water partition coefficient (Wildman–Crippen LogP) is 3.49. The third-order valence-corrected chi connectivity index (χ3v) is 5.02. The number of rotatable bonds is 7. The topological polar surface area (TPSA) is 76.9 Å². The van der Waals surface area contributed by atoms with Gasteiger partial charge in [0.25, 0.3) is 0 Å². The Morgan fingerprint density at radius 2 is 1.92 bits per heavy atom. The van der Waals surface area contributed by atoms with E-state index >= 15 is 0 Å². The first-order valence-electron chi connectivity index (χ1n) is 8.44. The van der Waals surface area contributed by atoms with Gasteiger partial charge in [0.05, 0.1) is 5.75 Å². The summed E-state index contributed by atoms with van der Waals surface area (Å²) in [7, 11) is 0. The lowest BCUT2D eigenvalue weighted by Crippen LogP contribution is -2.17. The molecular weight excluding hydrogens is 336 g/mol. The van der Waals surface area contributed by atoms with Crippen LogP contribution >= 0.6 is 11.8 Å². The van der Waals surface area contributed by atoms with E-state index in [9.17, 15) is 9.59 Å². The minimum Gasteiger partial charge on any atom is -0.326 e. The minimum atomic E-state index is -0.0787. The lowest BCUT2D eigenvalue weighted by molar-refractivity contribution is -0.118.